The molecule has 0 unspecified atom stereocenters. The number of ether oxygens (including phenoxy) is 2. The van der Waals surface area contributed by atoms with Gasteiger partial charge in [0.2, 0.25) is 5.75 Å². The van der Waals surface area contributed by atoms with Gasteiger partial charge >= 0.3 is 17.2 Å². The van der Waals surface area contributed by atoms with Crippen LogP contribution in [0.1, 0.15) is 16.1 Å². The fourth-order valence-corrected chi connectivity index (χ4v) is 2.07. The summed E-state index contributed by atoms with van der Waals surface area (Å²) in [6.45, 7) is 1.50. The zero-order valence-corrected chi connectivity index (χ0v) is 12.8. The fraction of sp³-hybridized carbons (Fsp3) is 0.143. The van der Waals surface area contributed by atoms with E-state index in [4.69, 9.17) is 21.1 Å². The Kier molecular flexibility index (Phi) is 4.65. The van der Waals surface area contributed by atoms with Crippen molar-refractivity contribution < 1.29 is 19.2 Å². The quantitative estimate of drug-likeness (QED) is 0.520. The number of esters is 1. The first-order valence-corrected chi connectivity index (χ1v) is 6.65. The number of halogens is 1. The molecule has 0 aliphatic heterocycles. The van der Waals surface area contributed by atoms with E-state index < -0.39 is 27.9 Å². The molecule has 23 heavy (non-hydrogen) atoms. The second-order valence-corrected chi connectivity index (χ2v) is 4.92. The van der Waals surface area contributed by atoms with Gasteiger partial charge in [-0.05, 0) is 25.1 Å². The first kappa shape index (κ1) is 16.5. The SMILES string of the molecule is COc1ccc(Cl)cc1C(=O)Oc1cc(C)[nH]c(=O)c1[N+](=O)[O-]. The van der Waals surface area contributed by atoms with E-state index in [1.165, 1.54) is 38.3 Å². The van der Waals surface area contributed by atoms with Gasteiger partial charge in [-0.15, -0.1) is 0 Å². The number of hydrogen-bond donors (Lipinski definition) is 1. The normalized spacial score (nSPS) is 10.2. The highest BCUT2D eigenvalue weighted by Crippen LogP contribution is 2.27. The van der Waals surface area contributed by atoms with Crippen molar-refractivity contribution in [1.82, 2.24) is 4.98 Å². The lowest BCUT2D eigenvalue weighted by Crippen LogP contribution is -2.17. The van der Waals surface area contributed by atoms with Crippen molar-refractivity contribution in [3.05, 3.63) is 61.0 Å². The second-order valence-electron chi connectivity index (χ2n) is 4.49. The minimum atomic E-state index is -0.962. The molecule has 120 valence electrons. The molecule has 1 aromatic heterocycles. The van der Waals surface area contributed by atoms with Gasteiger partial charge in [-0.2, -0.15) is 0 Å². The van der Waals surface area contributed by atoms with Gasteiger partial charge in [0.15, 0.2) is 0 Å². The molecule has 0 amide bonds. The summed E-state index contributed by atoms with van der Waals surface area (Å²) in [6, 6.07) is 5.45. The number of aromatic amines is 1. The lowest BCUT2D eigenvalue weighted by atomic mass is 10.2. The Morgan fingerprint density at radius 2 is 2.00 bits per heavy atom. The summed E-state index contributed by atoms with van der Waals surface area (Å²) in [5, 5.41) is 11.3. The van der Waals surface area contributed by atoms with Crippen LogP contribution in [0.25, 0.3) is 0 Å². The lowest BCUT2D eigenvalue weighted by molar-refractivity contribution is -0.387. The maximum Gasteiger partial charge on any atom is 0.376 e. The van der Waals surface area contributed by atoms with E-state index in [0.29, 0.717) is 5.69 Å². The zero-order chi connectivity index (χ0) is 17.1. The Morgan fingerprint density at radius 1 is 1.30 bits per heavy atom. The molecule has 8 nitrogen and oxygen atoms in total. The predicted octanol–water partition coefficient (Wildman–Crippen LogP) is 2.47. The minimum Gasteiger partial charge on any atom is -0.496 e. The van der Waals surface area contributed by atoms with Gasteiger partial charge in [0, 0.05) is 16.8 Å². The van der Waals surface area contributed by atoms with Crippen molar-refractivity contribution in [1.29, 1.82) is 0 Å². The molecule has 0 aliphatic carbocycles. The molecule has 2 aromatic rings. The third-order valence-corrected chi connectivity index (χ3v) is 3.11. The van der Waals surface area contributed by atoms with Crippen molar-refractivity contribution in [3.8, 4) is 11.5 Å². The molecule has 0 spiro atoms. The van der Waals surface area contributed by atoms with Gasteiger partial charge in [0.1, 0.15) is 11.3 Å². The number of pyridine rings is 1. The van der Waals surface area contributed by atoms with E-state index in [0.717, 1.165) is 0 Å². The number of hydrogen-bond acceptors (Lipinski definition) is 6. The van der Waals surface area contributed by atoms with Gasteiger partial charge in [-0.3, -0.25) is 14.9 Å². The van der Waals surface area contributed by atoms with Gasteiger partial charge in [0.25, 0.3) is 0 Å². The number of nitro groups is 1. The summed E-state index contributed by atoms with van der Waals surface area (Å²) in [5.41, 5.74) is -1.53. The van der Waals surface area contributed by atoms with E-state index in [1.54, 1.807) is 0 Å². The molecule has 0 bridgehead atoms. The van der Waals surface area contributed by atoms with Gasteiger partial charge in [-0.1, -0.05) is 11.6 Å². The highest BCUT2D eigenvalue weighted by Gasteiger charge is 2.25. The molecule has 0 atom stereocenters. The maximum atomic E-state index is 12.2. The van der Waals surface area contributed by atoms with Gasteiger partial charge in [0.05, 0.1) is 12.0 Å². The van der Waals surface area contributed by atoms with Crippen LogP contribution in [0.15, 0.2) is 29.1 Å². The molecule has 0 saturated carbocycles. The highest BCUT2D eigenvalue weighted by atomic mass is 35.5. The van der Waals surface area contributed by atoms with E-state index in [-0.39, 0.29) is 16.3 Å². The molecular weight excluding hydrogens is 328 g/mol. The number of aryl methyl sites for hydroxylation is 1. The number of rotatable bonds is 4. The van der Waals surface area contributed by atoms with Crippen LogP contribution in [0.5, 0.6) is 11.5 Å². The lowest BCUT2D eigenvalue weighted by Gasteiger charge is -2.09. The van der Waals surface area contributed by atoms with E-state index in [9.17, 15) is 19.7 Å². The second kappa shape index (κ2) is 6.49. The number of nitrogens with one attached hydrogen (secondary N) is 1. The van der Waals surface area contributed by atoms with Crippen molar-refractivity contribution in [2.45, 2.75) is 6.92 Å². The summed E-state index contributed by atoms with van der Waals surface area (Å²) in [7, 11) is 1.35. The molecule has 1 aromatic carbocycles. The fourth-order valence-electron chi connectivity index (χ4n) is 1.90. The molecule has 2 rings (SSSR count). The first-order valence-electron chi connectivity index (χ1n) is 6.27. The Morgan fingerprint density at radius 3 is 2.61 bits per heavy atom. The standard InChI is InChI=1S/C14H11ClN2O6/c1-7-5-11(12(17(20)21)13(18)16-7)23-14(19)9-6-8(15)3-4-10(9)22-2/h3-6H,1-2H3,(H,16,18). The summed E-state index contributed by atoms with van der Waals surface area (Å²) in [4.78, 5) is 36.3. The van der Waals surface area contributed by atoms with Crippen molar-refractivity contribution in [2.75, 3.05) is 7.11 Å². The summed E-state index contributed by atoms with van der Waals surface area (Å²) < 4.78 is 10.0. The average Bonchev–Trinajstić information content (AvgIpc) is 2.45. The van der Waals surface area contributed by atoms with E-state index >= 15 is 0 Å². The number of aromatic nitrogens is 1. The summed E-state index contributed by atoms with van der Waals surface area (Å²) in [6.07, 6.45) is 0. The van der Waals surface area contributed by atoms with Crippen molar-refractivity contribution in [3.63, 3.8) is 0 Å². The maximum absolute atomic E-state index is 12.2. The monoisotopic (exact) mass is 338 g/mol. The molecule has 1 heterocycles. The van der Waals surface area contributed by atoms with Crippen LogP contribution in [0.3, 0.4) is 0 Å². The third-order valence-electron chi connectivity index (χ3n) is 2.87. The molecule has 1 N–H and O–H groups in total. The number of H-pyrrole nitrogens is 1. The van der Waals surface area contributed by atoms with Crippen molar-refractivity contribution >= 4 is 23.3 Å². The number of methoxy groups -OCH3 is 1. The highest BCUT2D eigenvalue weighted by molar-refractivity contribution is 6.31. The molecule has 0 radical (unpaired) electrons. The van der Waals surface area contributed by atoms with Crippen LogP contribution in [-0.4, -0.2) is 23.0 Å². The van der Waals surface area contributed by atoms with Gasteiger partial charge in [-0.25, -0.2) is 4.79 Å². The van der Waals surface area contributed by atoms with Crippen LogP contribution in [0.4, 0.5) is 5.69 Å². The number of nitrogens with zero attached hydrogens (tertiary/aromatic N) is 1. The smallest absolute Gasteiger partial charge is 0.376 e. The predicted molar refractivity (Wildman–Crippen MR) is 81.4 cm³/mol. The summed E-state index contributed by atoms with van der Waals surface area (Å²) in [5.74, 6) is -1.20. The zero-order valence-electron chi connectivity index (χ0n) is 12.1. The molecule has 0 saturated heterocycles. The Balaban J connectivity index is 2.48. The first-order chi connectivity index (χ1) is 10.8. The average molecular weight is 339 g/mol. The Labute approximate surface area is 134 Å². The number of benzene rings is 1. The van der Waals surface area contributed by atoms with Gasteiger partial charge < -0.3 is 14.5 Å². The van der Waals surface area contributed by atoms with Crippen LogP contribution >= 0.6 is 11.6 Å². The summed E-state index contributed by atoms with van der Waals surface area (Å²) >= 11 is 5.83. The van der Waals surface area contributed by atoms with E-state index in [1.807, 2.05) is 0 Å². The molecular formula is C14H11ClN2O6. The molecule has 0 aliphatic rings. The van der Waals surface area contributed by atoms with Crippen LogP contribution in [0.2, 0.25) is 5.02 Å². The Hall–Kier alpha value is -2.87. The van der Waals surface area contributed by atoms with Crippen LogP contribution in [-0.2, 0) is 0 Å². The minimum absolute atomic E-state index is 0.0211. The largest absolute Gasteiger partial charge is 0.496 e. The van der Waals surface area contributed by atoms with E-state index in [2.05, 4.69) is 4.98 Å². The molecule has 9 heteroatoms. The topological polar surface area (TPSA) is 112 Å². The Bertz CT molecular complexity index is 846. The van der Waals surface area contributed by atoms with Crippen molar-refractivity contribution in [2.24, 2.45) is 0 Å². The number of carbonyl (C=O) groups excluding carboxylic acids is 1. The number of carbonyl (C=O) groups is 1. The third kappa shape index (κ3) is 3.49. The van der Waals surface area contributed by atoms with Crippen LogP contribution < -0.4 is 15.0 Å². The molecule has 0 fully saturated rings. The van der Waals surface area contributed by atoms with Crippen LogP contribution in [0, 0.1) is 17.0 Å².